The number of fused-ring (bicyclic) bond motifs is 1. The first-order valence-corrected chi connectivity index (χ1v) is 9.58. The maximum Gasteiger partial charge on any atom is 0.342 e. The Kier molecular flexibility index (Phi) is 5.56. The van der Waals surface area contributed by atoms with Crippen LogP contribution in [-0.2, 0) is 9.53 Å². The number of benzene rings is 2. The lowest BCUT2D eigenvalue weighted by molar-refractivity contribution is -0.119. The summed E-state index contributed by atoms with van der Waals surface area (Å²) < 4.78 is 31.8. The van der Waals surface area contributed by atoms with Gasteiger partial charge in [0.2, 0.25) is 0 Å². The second-order valence-corrected chi connectivity index (χ2v) is 6.99. The van der Waals surface area contributed by atoms with Crippen molar-refractivity contribution in [3.05, 3.63) is 65.7 Å². The molecule has 1 aromatic heterocycles. The number of nitrogens with zero attached hydrogens (tertiary/aromatic N) is 2. The van der Waals surface area contributed by atoms with Crippen LogP contribution in [0.2, 0.25) is 0 Å². The summed E-state index contributed by atoms with van der Waals surface area (Å²) in [5, 5.41) is 3.04. The molecule has 3 aromatic rings. The number of esters is 1. The number of hydrogen-bond acceptors (Lipinski definition) is 5. The van der Waals surface area contributed by atoms with E-state index in [2.05, 4.69) is 10.3 Å². The van der Waals surface area contributed by atoms with Gasteiger partial charge in [0, 0.05) is 24.5 Å². The smallest absolute Gasteiger partial charge is 0.342 e. The number of para-hydroxylation sites is 1. The second-order valence-electron chi connectivity index (χ2n) is 6.99. The van der Waals surface area contributed by atoms with Crippen LogP contribution in [0.15, 0.2) is 48.5 Å². The highest BCUT2D eigenvalue weighted by molar-refractivity contribution is 6.01. The number of carbonyl (C=O) groups is 2. The van der Waals surface area contributed by atoms with E-state index in [0.29, 0.717) is 11.9 Å². The number of aromatic nitrogens is 1. The molecule has 0 saturated carbocycles. The summed E-state index contributed by atoms with van der Waals surface area (Å²) in [6, 6.07) is 11.9. The van der Waals surface area contributed by atoms with Crippen molar-refractivity contribution in [2.24, 2.45) is 0 Å². The molecule has 2 heterocycles. The Morgan fingerprint density at radius 3 is 2.60 bits per heavy atom. The molecule has 0 bridgehead atoms. The number of ether oxygens (including phenoxy) is 1. The largest absolute Gasteiger partial charge is 0.452 e. The van der Waals surface area contributed by atoms with Crippen LogP contribution in [0.3, 0.4) is 0 Å². The minimum absolute atomic E-state index is 0.192. The van der Waals surface area contributed by atoms with Crippen molar-refractivity contribution in [3.63, 3.8) is 0 Å². The summed E-state index contributed by atoms with van der Waals surface area (Å²) in [5.74, 6) is -2.56. The van der Waals surface area contributed by atoms with Gasteiger partial charge in [0.15, 0.2) is 6.61 Å². The van der Waals surface area contributed by atoms with Gasteiger partial charge in [-0.2, -0.15) is 0 Å². The van der Waals surface area contributed by atoms with E-state index >= 15 is 0 Å². The van der Waals surface area contributed by atoms with E-state index in [1.807, 2.05) is 29.2 Å². The molecule has 0 spiro atoms. The van der Waals surface area contributed by atoms with E-state index in [1.54, 1.807) is 6.07 Å². The Labute approximate surface area is 171 Å². The number of nitrogens with one attached hydrogen (secondary N) is 1. The van der Waals surface area contributed by atoms with Gasteiger partial charge >= 0.3 is 5.97 Å². The number of carbonyl (C=O) groups excluding carboxylic acids is 2. The lowest BCUT2D eigenvalue weighted by atomic mass is 10.1. The number of rotatable bonds is 5. The third-order valence-electron chi connectivity index (χ3n) is 4.87. The highest BCUT2D eigenvalue weighted by Crippen LogP contribution is 2.27. The molecule has 1 fully saturated rings. The van der Waals surface area contributed by atoms with Gasteiger partial charge in [0.25, 0.3) is 5.91 Å². The van der Waals surface area contributed by atoms with Crippen molar-refractivity contribution in [1.29, 1.82) is 0 Å². The molecule has 4 rings (SSSR count). The molecule has 0 atom stereocenters. The fraction of sp³-hybridized carbons (Fsp3) is 0.227. The molecule has 6 nitrogen and oxygen atoms in total. The van der Waals surface area contributed by atoms with Crippen molar-refractivity contribution >= 4 is 34.3 Å². The number of pyridine rings is 1. The van der Waals surface area contributed by atoms with Crippen LogP contribution >= 0.6 is 0 Å². The first kappa shape index (κ1) is 19.8. The van der Waals surface area contributed by atoms with Gasteiger partial charge in [-0.05, 0) is 37.1 Å². The van der Waals surface area contributed by atoms with Crippen molar-refractivity contribution in [2.45, 2.75) is 12.8 Å². The summed E-state index contributed by atoms with van der Waals surface area (Å²) in [6.07, 6.45) is 2.02. The first-order chi connectivity index (χ1) is 14.5. The quantitative estimate of drug-likeness (QED) is 0.645. The molecular weight excluding hydrogens is 392 g/mol. The maximum atomic E-state index is 13.7. The lowest BCUT2D eigenvalue weighted by Gasteiger charge is -2.20. The van der Waals surface area contributed by atoms with Crippen molar-refractivity contribution in [3.8, 4) is 0 Å². The molecular formula is C22H19F2N3O3. The molecule has 30 heavy (non-hydrogen) atoms. The molecule has 154 valence electrons. The molecule has 2 aromatic carbocycles. The van der Waals surface area contributed by atoms with Gasteiger partial charge in [-0.3, -0.25) is 4.79 Å². The van der Waals surface area contributed by atoms with Crippen LogP contribution in [0.25, 0.3) is 10.9 Å². The average Bonchev–Trinajstić information content (AvgIpc) is 3.28. The van der Waals surface area contributed by atoms with E-state index in [0.717, 1.165) is 49.0 Å². The highest BCUT2D eigenvalue weighted by atomic mass is 19.1. The molecule has 1 aliphatic rings. The summed E-state index contributed by atoms with van der Waals surface area (Å²) in [6.45, 7) is 0.966. The Balaban J connectivity index is 1.51. The minimum Gasteiger partial charge on any atom is -0.452 e. The summed E-state index contributed by atoms with van der Waals surface area (Å²) in [7, 11) is 0. The van der Waals surface area contributed by atoms with Gasteiger partial charge < -0.3 is 15.0 Å². The highest BCUT2D eigenvalue weighted by Gasteiger charge is 2.23. The Morgan fingerprint density at radius 1 is 1.07 bits per heavy atom. The van der Waals surface area contributed by atoms with Crippen molar-refractivity contribution < 1.29 is 23.1 Å². The average molecular weight is 411 g/mol. The number of amides is 1. The van der Waals surface area contributed by atoms with Gasteiger partial charge in [-0.1, -0.05) is 18.2 Å². The third-order valence-corrected chi connectivity index (χ3v) is 4.87. The standard InChI is InChI=1S/C22H19F2N3O3/c23-15-7-8-19(17(24)12-15)25-20(28)13-30-22(29)16-11-14-5-1-2-6-18(14)26-21(16)27-9-3-4-10-27/h1-2,5-8,11-12H,3-4,9-10,13H2,(H,25,28). The second kappa shape index (κ2) is 8.44. The van der Waals surface area contributed by atoms with Crippen molar-refractivity contribution in [1.82, 2.24) is 4.98 Å². The number of anilines is 2. The normalized spacial score (nSPS) is 13.5. The Hall–Kier alpha value is -3.55. The van der Waals surface area contributed by atoms with Gasteiger partial charge in [0.1, 0.15) is 23.0 Å². The monoisotopic (exact) mass is 411 g/mol. The van der Waals surface area contributed by atoms with Gasteiger partial charge in [-0.15, -0.1) is 0 Å². The molecule has 0 aliphatic carbocycles. The minimum atomic E-state index is -0.912. The van der Waals surface area contributed by atoms with Crippen LogP contribution < -0.4 is 10.2 Å². The van der Waals surface area contributed by atoms with Crippen LogP contribution in [0.5, 0.6) is 0 Å². The SMILES string of the molecule is O=C(COC(=O)c1cc2ccccc2nc1N1CCCC1)Nc1ccc(F)cc1F. The van der Waals surface area contributed by atoms with E-state index in [9.17, 15) is 18.4 Å². The predicted octanol–water partition coefficient (Wildman–Crippen LogP) is 3.91. The molecule has 1 aliphatic heterocycles. The summed E-state index contributed by atoms with van der Waals surface area (Å²) in [4.78, 5) is 31.5. The van der Waals surface area contributed by atoms with Gasteiger partial charge in [0.05, 0.1) is 11.2 Å². The summed E-state index contributed by atoms with van der Waals surface area (Å²) in [5.41, 5.74) is 0.847. The fourth-order valence-corrected chi connectivity index (χ4v) is 3.41. The van der Waals surface area contributed by atoms with Crippen LogP contribution in [0.4, 0.5) is 20.3 Å². The zero-order chi connectivity index (χ0) is 21.1. The molecule has 1 saturated heterocycles. The zero-order valence-electron chi connectivity index (χ0n) is 16.0. The molecule has 1 amide bonds. The first-order valence-electron chi connectivity index (χ1n) is 9.58. The Bertz CT molecular complexity index is 1110. The van der Waals surface area contributed by atoms with E-state index < -0.39 is 30.1 Å². The van der Waals surface area contributed by atoms with Gasteiger partial charge in [-0.25, -0.2) is 18.6 Å². The maximum absolute atomic E-state index is 13.7. The zero-order valence-corrected chi connectivity index (χ0v) is 16.0. The molecule has 0 radical (unpaired) electrons. The van der Waals surface area contributed by atoms with Crippen LogP contribution in [0.1, 0.15) is 23.2 Å². The van der Waals surface area contributed by atoms with Crippen LogP contribution in [-0.4, -0.2) is 36.6 Å². The molecule has 1 N–H and O–H groups in total. The number of halogens is 2. The van der Waals surface area contributed by atoms with E-state index in [4.69, 9.17) is 4.74 Å². The Morgan fingerprint density at radius 2 is 1.83 bits per heavy atom. The van der Waals surface area contributed by atoms with Crippen LogP contribution in [0, 0.1) is 11.6 Å². The third kappa shape index (κ3) is 4.22. The predicted molar refractivity (Wildman–Crippen MR) is 108 cm³/mol. The number of hydrogen-bond donors (Lipinski definition) is 1. The molecule has 0 unspecified atom stereocenters. The summed E-state index contributed by atoms with van der Waals surface area (Å²) >= 11 is 0. The van der Waals surface area contributed by atoms with E-state index in [-0.39, 0.29) is 11.3 Å². The topological polar surface area (TPSA) is 71.5 Å². The fourth-order valence-electron chi connectivity index (χ4n) is 3.41. The van der Waals surface area contributed by atoms with Crippen molar-refractivity contribution in [2.75, 3.05) is 29.9 Å². The van der Waals surface area contributed by atoms with E-state index in [1.165, 1.54) is 0 Å². The molecule has 8 heteroatoms. The lowest BCUT2D eigenvalue weighted by Crippen LogP contribution is -2.25.